The average molecular weight is 153 g/mol. The van der Waals surface area contributed by atoms with Gasteiger partial charge in [0.1, 0.15) is 0 Å². The second-order valence-electron chi connectivity index (χ2n) is 1.88. The lowest BCUT2D eigenvalue weighted by Gasteiger charge is -1.97. The number of hydrogen-bond donors (Lipinski definition) is 2. The second-order valence-corrected chi connectivity index (χ2v) is 1.88. The molecule has 0 atom stereocenters. The zero-order chi connectivity index (χ0) is 8.27. The Morgan fingerprint density at radius 2 is 2.45 bits per heavy atom. The maximum absolute atomic E-state index is 10.3. The first-order valence-electron chi connectivity index (χ1n) is 2.98. The van der Waals surface area contributed by atoms with E-state index in [0.717, 1.165) is 0 Å². The van der Waals surface area contributed by atoms with Crippen molar-refractivity contribution in [1.29, 1.82) is 0 Å². The predicted octanol–water partition coefficient (Wildman–Crippen LogP) is 0.216. The van der Waals surface area contributed by atoms with E-state index in [1.54, 1.807) is 7.05 Å². The Morgan fingerprint density at radius 1 is 1.73 bits per heavy atom. The lowest BCUT2D eigenvalue weighted by Crippen LogP contribution is -2.02. The van der Waals surface area contributed by atoms with Crippen molar-refractivity contribution in [3.63, 3.8) is 0 Å². The Kier molecular flexibility index (Phi) is 2.00. The third kappa shape index (κ3) is 1.64. The summed E-state index contributed by atoms with van der Waals surface area (Å²) in [4.78, 5) is 10.3. The summed E-state index contributed by atoms with van der Waals surface area (Å²) in [6.07, 6.45) is 1.45. The van der Waals surface area contributed by atoms with Crippen LogP contribution in [0.1, 0.15) is 10.5 Å². The van der Waals surface area contributed by atoms with Gasteiger partial charge in [0.15, 0.2) is 5.69 Å². The average Bonchev–Trinajstić information content (AvgIpc) is 2.05. The van der Waals surface area contributed by atoms with E-state index in [0.29, 0.717) is 5.69 Å². The van der Waals surface area contributed by atoms with E-state index >= 15 is 0 Å². The smallest absolute Gasteiger partial charge is 0.356 e. The number of carboxylic acid groups (broad SMARTS) is 1. The largest absolute Gasteiger partial charge is 0.476 e. The first-order valence-corrected chi connectivity index (χ1v) is 2.98. The molecule has 0 aliphatic carbocycles. The van der Waals surface area contributed by atoms with Crippen molar-refractivity contribution in [2.45, 2.75) is 0 Å². The summed E-state index contributed by atoms with van der Waals surface area (Å²) in [6.45, 7) is 0. The number of aromatic carboxylic acids is 1. The van der Waals surface area contributed by atoms with Crippen LogP contribution in [-0.4, -0.2) is 28.3 Å². The number of rotatable bonds is 2. The number of nitrogens with zero attached hydrogens (tertiary/aromatic N) is 2. The normalized spacial score (nSPS) is 9.18. The molecule has 0 amide bonds. The van der Waals surface area contributed by atoms with Gasteiger partial charge >= 0.3 is 5.97 Å². The highest BCUT2D eigenvalue weighted by Crippen LogP contribution is 2.03. The number of anilines is 1. The summed E-state index contributed by atoms with van der Waals surface area (Å²) in [5.41, 5.74) is 0.578. The van der Waals surface area contributed by atoms with Crippen LogP contribution in [0.2, 0.25) is 0 Å². The molecule has 5 heteroatoms. The maximum Gasteiger partial charge on any atom is 0.356 e. The van der Waals surface area contributed by atoms with Gasteiger partial charge in [0.05, 0.1) is 11.9 Å². The van der Waals surface area contributed by atoms with Crippen molar-refractivity contribution < 1.29 is 9.90 Å². The third-order valence-electron chi connectivity index (χ3n) is 1.16. The molecule has 58 valence electrons. The van der Waals surface area contributed by atoms with E-state index in [-0.39, 0.29) is 5.69 Å². The predicted molar refractivity (Wildman–Crippen MR) is 38.5 cm³/mol. The fraction of sp³-hybridized carbons (Fsp3) is 0.167. The minimum absolute atomic E-state index is 0.0585. The second kappa shape index (κ2) is 2.96. The molecule has 1 aromatic heterocycles. The van der Waals surface area contributed by atoms with Crippen LogP contribution in [0.5, 0.6) is 0 Å². The van der Waals surface area contributed by atoms with E-state index in [1.807, 2.05) is 0 Å². The molecule has 0 aliphatic rings. The molecule has 0 saturated heterocycles. The zero-order valence-corrected chi connectivity index (χ0v) is 5.90. The molecule has 0 unspecified atom stereocenters. The molecular formula is C6H7N3O2. The molecule has 1 heterocycles. The van der Waals surface area contributed by atoms with Crippen molar-refractivity contribution >= 4 is 11.7 Å². The molecule has 0 fully saturated rings. The topological polar surface area (TPSA) is 75.1 Å². The van der Waals surface area contributed by atoms with Gasteiger partial charge < -0.3 is 10.4 Å². The summed E-state index contributed by atoms with van der Waals surface area (Å²) in [6, 6.07) is 1.41. The van der Waals surface area contributed by atoms with Gasteiger partial charge in [0, 0.05) is 7.05 Å². The van der Waals surface area contributed by atoms with Crippen molar-refractivity contribution in [2.75, 3.05) is 12.4 Å². The Hall–Kier alpha value is -1.65. The van der Waals surface area contributed by atoms with Gasteiger partial charge in [-0.25, -0.2) is 4.79 Å². The van der Waals surface area contributed by atoms with E-state index < -0.39 is 5.97 Å². The first kappa shape index (κ1) is 7.46. The van der Waals surface area contributed by atoms with E-state index in [2.05, 4.69) is 15.5 Å². The number of aromatic nitrogens is 2. The highest BCUT2D eigenvalue weighted by Gasteiger charge is 2.04. The third-order valence-corrected chi connectivity index (χ3v) is 1.16. The fourth-order valence-corrected chi connectivity index (χ4v) is 0.608. The van der Waals surface area contributed by atoms with Crippen LogP contribution in [0.25, 0.3) is 0 Å². The summed E-state index contributed by atoms with van der Waals surface area (Å²) in [5, 5.41) is 18.1. The summed E-state index contributed by atoms with van der Waals surface area (Å²) in [5.74, 6) is -1.07. The van der Waals surface area contributed by atoms with Gasteiger partial charge in [-0.3, -0.25) is 0 Å². The summed E-state index contributed by atoms with van der Waals surface area (Å²) in [7, 11) is 1.68. The highest BCUT2D eigenvalue weighted by atomic mass is 16.4. The SMILES string of the molecule is CNc1cnnc(C(=O)O)c1. The minimum atomic E-state index is -1.07. The van der Waals surface area contributed by atoms with Crippen molar-refractivity contribution in [3.8, 4) is 0 Å². The number of carbonyl (C=O) groups is 1. The van der Waals surface area contributed by atoms with Crippen LogP contribution < -0.4 is 5.32 Å². The Labute approximate surface area is 63.1 Å². The number of nitrogens with one attached hydrogen (secondary N) is 1. The van der Waals surface area contributed by atoms with Crippen molar-refractivity contribution in [2.24, 2.45) is 0 Å². The summed E-state index contributed by atoms with van der Waals surface area (Å²) < 4.78 is 0. The van der Waals surface area contributed by atoms with Crippen molar-refractivity contribution in [3.05, 3.63) is 18.0 Å². The molecule has 11 heavy (non-hydrogen) atoms. The maximum atomic E-state index is 10.3. The number of carboxylic acids is 1. The van der Waals surface area contributed by atoms with E-state index in [4.69, 9.17) is 5.11 Å². The molecule has 0 spiro atoms. The Bertz CT molecular complexity index is 274. The number of hydrogen-bond acceptors (Lipinski definition) is 4. The molecular weight excluding hydrogens is 146 g/mol. The molecule has 0 aromatic carbocycles. The molecule has 0 radical (unpaired) electrons. The van der Waals surface area contributed by atoms with Gasteiger partial charge in [0.2, 0.25) is 0 Å². The molecule has 2 N–H and O–H groups in total. The highest BCUT2D eigenvalue weighted by molar-refractivity contribution is 5.86. The quantitative estimate of drug-likeness (QED) is 0.635. The fourth-order valence-electron chi connectivity index (χ4n) is 0.608. The molecule has 5 nitrogen and oxygen atoms in total. The van der Waals surface area contributed by atoms with Gasteiger partial charge in [-0.15, -0.1) is 5.10 Å². The minimum Gasteiger partial charge on any atom is -0.476 e. The van der Waals surface area contributed by atoms with Crippen LogP contribution in [0.15, 0.2) is 12.3 Å². The van der Waals surface area contributed by atoms with Crippen LogP contribution in [0.3, 0.4) is 0 Å². The first-order chi connectivity index (χ1) is 5.24. The van der Waals surface area contributed by atoms with E-state index in [9.17, 15) is 4.79 Å². The molecule has 1 rings (SSSR count). The molecule has 1 aromatic rings. The monoisotopic (exact) mass is 153 g/mol. The molecule has 0 saturated carbocycles. The van der Waals surface area contributed by atoms with E-state index in [1.165, 1.54) is 12.3 Å². The van der Waals surface area contributed by atoms with Gasteiger partial charge in [-0.1, -0.05) is 0 Å². The van der Waals surface area contributed by atoms with Crippen LogP contribution >= 0.6 is 0 Å². The van der Waals surface area contributed by atoms with Gasteiger partial charge in [-0.05, 0) is 6.07 Å². The summed E-state index contributed by atoms with van der Waals surface area (Å²) >= 11 is 0. The van der Waals surface area contributed by atoms with Crippen LogP contribution in [0.4, 0.5) is 5.69 Å². The molecule has 0 bridgehead atoms. The Balaban J connectivity index is 3.01. The van der Waals surface area contributed by atoms with Crippen molar-refractivity contribution in [1.82, 2.24) is 10.2 Å². The van der Waals surface area contributed by atoms with Gasteiger partial charge in [-0.2, -0.15) is 5.10 Å². The van der Waals surface area contributed by atoms with Gasteiger partial charge in [0.25, 0.3) is 0 Å². The zero-order valence-electron chi connectivity index (χ0n) is 5.90. The lowest BCUT2D eigenvalue weighted by molar-refractivity contribution is 0.0689. The molecule has 0 aliphatic heterocycles. The Morgan fingerprint density at radius 3 is 3.00 bits per heavy atom. The van der Waals surface area contributed by atoms with Crippen LogP contribution in [-0.2, 0) is 0 Å². The lowest BCUT2D eigenvalue weighted by atomic mass is 10.3. The van der Waals surface area contributed by atoms with Crippen LogP contribution in [0, 0.1) is 0 Å². The standard InChI is InChI=1S/C6H7N3O2/c1-7-4-2-5(6(10)11)9-8-3-4/h2-3H,1H3,(H,7,9)(H,10,11).